The number of rotatable bonds is 7. The van der Waals surface area contributed by atoms with Crippen LogP contribution >= 0.6 is 0 Å². The monoisotopic (exact) mass is 419 g/mol. The van der Waals surface area contributed by atoms with Gasteiger partial charge in [0.15, 0.2) is 5.25 Å². The summed E-state index contributed by atoms with van der Waals surface area (Å²) in [6.45, 7) is 9.23. The molecule has 0 aliphatic carbocycles. The molecule has 1 N–H and O–H groups in total. The maximum Gasteiger partial charge on any atom is 0.284 e. The van der Waals surface area contributed by atoms with Gasteiger partial charge in [0.05, 0.1) is 0 Å². The molecule has 156 valence electrons. The Balaban J connectivity index is 3.56. The van der Waals surface area contributed by atoms with Crippen molar-refractivity contribution in [1.29, 1.82) is 0 Å². The standard InChI is InChI=1S/C16H31F2NO5S2/c1-7-12(16(17,18)13(8-2)26(22,23)24)25(20,21)19-14(3,4)10-9-11-15(19,5)6/h12-13H,7-11H2,1-6H3,(H,22,23,24). The van der Waals surface area contributed by atoms with Gasteiger partial charge in [-0.3, -0.25) is 4.55 Å². The van der Waals surface area contributed by atoms with Crippen molar-refractivity contribution in [3.05, 3.63) is 0 Å². The van der Waals surface area contributed by atoms with E-state index in [2.05, 4.69) is 0 Å². The minimum atomic E-state index is -5.11. The molecular weight excluding hydrogens is 388 g/mol. The Labute approximate surface area is 156 Å². The maximum absolute atomic E-state index is 15.1. The fourth-order valence-corrected chi connectivity index (χ4v) is 8.23. The van der Waals surface area contributed by atoms with Gasteiger partial charge < -0.3 is 0 Å². The van der Waals surface area contributed by atoms with Crippen LogP contribution in [0.1, 0.15) is 73.6 Å². The van der Waals surface area contributed by atoms with Crippen molar-refractivity contribution in [2.45, 2.75) is 101 Å². The van der Waals surface area contributed by atoms with Gasteiger partial charge in [-0.1, -0.05) is 13.8 Å². The molecule has 0 spiro atoms. The summed E-state index contributed by atoms with van der Waals surface area (Å²) in [7, 11) is -9.66. The number of nitrogens with zero attached hydrogens (tertiary/aromatic N) is 1. The third kappa shape index (κ3) is 4.23. The van der Waals surface area contributed by atoms with Crippen LogP contribution in [0, 0.1) is 0 Å². The molecule has 26 heavy (non-hydrogen) atoms. The zero-order valence-electron chi connectivity index (χ0n) is 16.3. The second kappa shape index (κ2) is 7.25. The van der Waals surface area contributed by atoms with Crippen LogP contribution in [0.4, 0.5) is 8.78 Å². The van der Waals surface area contributed by atoms with Gasteiger partial charge in [0.25, 0.3) is 16.0 Å². The Morgan fingerprint density at radius 2 is 1.35 bits per heavy atom. The zero-order chi connectivity index (χ0) is 20.8. The molecule has 10 heteroatoms. The summed E-state index contributed by atoms with van der Waals surface area (Å²) in [5, 5.41) is -4.70. The Bertz CT molecular complexity index is 701. The molecule has 0 aromatic heterocycles. The summed E-state index contributed by atoms with van der Waals surface area (Å²) in [5.41, 5.74) is -1.74. The van der Waals surface area contributed by atoms with Crippen LogP contribution in [0.2, 0.25) is 0 Å². The molecular formula is C16H31F2NO5S2. The molecule has 0 aromatic carbocycles. The SMILES string of the molecule is CCC(C(F)(F)C(CC)S(=O)(=O)N1C(C)(C)CCCC1(C)C)S(=O)(=O)O. The maximum atomic E-state index is 15.1. The van der Waals surface area contributed by atoms with Crippen molar-refractivity contribution in [3.8, 4) is 0 Å². The van der Waals surface area contributed by atoms with Crippen LogP contribution in [0.3, 0.4) is 0 Å². The van der Waals surface area contributed by atoms with E-state index in [4.69, 9.17) is 0 Å². The predicted molar refractivity (Wildman–Crippen MR) is 97.4 cm³/mol. The number of halogens is 2. The quantitative estimate of drug-likeness (QED) is 0.638. The highest BCUT2D eigenvalue weighted by Gasteiger charge is 2.61. The number of sulfonamides is 1. The first-order chi connectivity index (χ1) is 11.5. The average Bonchev–Trinajstić information content (AvgIpc) is 2.33. The van der Waals surface area contributed by atoms with E-state index < -0.39 is 60.5 Å². The fraction of sp³-hybridized carbons (Fsp3) is 1.00. The summed E-state index contributed by atoms with van der Waals surface area (Å²) >= 11 is 0. The van der Waals surface area contributed by atoms with Gasteiger partial charge in [-0.15, -0.1) is 0 Å². The van der Waals surface area contributed by atoms with Crippen LogP contribution < -0.4 is 0 Å². The smallest absolute Gasteiger partial charge is 0.284 e. The molecule has 1 saturated heterocycles. The molecule has 0 bridgehead atoms. The zero-order valence-corrected chi connectivity index (χ0v) is 17.9. The van der Waals surface area contributed by atoms with Crippen molar-refractivity contribution >= 4 is 20.1 Å². The largest absolute Gasteiger partial charge is 0.285 e. The van der Waals surface area contributed by atoms with Crippen molar-refractivity contribution in [2.24, 2.45) is 0 Å². The van der Waals surface area contributed by atoms with Crippen LogP contribution in [0.25, 0.3) is 0 Å². The Kier molecular flexibility index (Phi) is 6.62. The first-order valence-electron chi connectivity index (χ1n) is 8.84. The lowest BCUT2D eigenvalue weighted by Gasteiger charge is -2.53. The van der Waals surface area contributed by atoms with E-state index in [0.29, 0.717) is 12.8 Å². The van der Waals surface area contributed by atoms with E-state index in [1.165, 1.54) is 13.8 Å². The molecule has 0 radical (unpaired) electrons. The first kappa shape index (κ1) is 23.7. The topological polar surface area (TPSA) is 91.8 Å². The van der Waals surface area contributed by atoms with Crippen LogP contribution in [-0.2, 0) is 20.1 Å². The minimum absolute atomic E-state index is 0.468. The molecule has 0 amide bonds. The second-order valence-corrected chi connectivity index (χ2v) is 11.8. The summed E-state index contributed by atoms with van der Waals surface area (Å²) in [4.78, 5) is 0. The molecule has 1 heterocycles. The van der Waals surface area contributed by atoms with E-state index in [1.807, 2.05) is 0 Å². The summed E-state index contributed by atoms with van der Waals surface area (Å²) in [6, 6.07) is 0. The number of hydrogen-bond acceptors (Lipinski definition) is 4. The molecule has 2 atom stereocenters. The number of piperidine rings is 1. The molecule has 0 aromatic rings. The summed E-state index contributed by atoms with van der Waals surface area (Å²) < 4.78 is 90.0. The summed E-state index contributed by atoms with van der Waals surface area (Å²) in [5.74, 6) is -4.13. The number of alkyl halides is 2. The highest BCUT2D eigenvalue weighted by molar-refractivity contribution is 7.90. The van der Waals surface area contributed by atoms with Crippen LogP contribution in [0.5, 0.6) is 0 Å². The van der Waals surface area contributed by atoms with Gasteiger partial charge in [0.2, 0.25) is 10.0 Å². The highest BCUT2D eigenvalue weighted by Crippen LogP contribution is 2.45. The van der Waals surface area contributed by atoms with Gasteiger partial charge in [0, 0.05) is 11.1 Å². The van der Waals surface area contributed by atoms with Gasteiger partial charge in [-0.2, -0.15) is 12.7 Å². The molecule has 1 rings (SSSR count). The van der Waals surface area contributed by atoms with Crippen molar-refractivity contribution in [1.82, 2.24) is 4.31 Å². The Morgan fingerprint density at radius 3 is 1.65 bits per heavy atom. The lowest BCUT2D eigenvalue weighted by molar-refractivity contribution is -0.0179. The van der Waals surface area contributed by atoms with Gasteiger partial charge in [-0.25, -0.2) is 17.2 Å². The third-order valence-corrected chi connectivity index (χ3v) is 9.48. The molecule has 1 aliphatic heterocycles. The number of hydrogen-bond donors (Lipinski definition) is 1. The van der Waals surface area contributed by atoms with Gasteiger partial charge >= 0.3 is 0 Å². The minimum Gasteiger partial charge on any atom is -0.285 e. The van der Waals surface area contributed by atoms with E-state index in [1.54, 1.807) is 27.7 Å². The van der Waals surface area contributed by atoms with Crippen LogP contribution in [-0.4, -0.2) is 53.2 Å². The van der Waals surface area contributed by atoms with E-state index in [9.17, 15) is 21.4 Å². The van der Waals surface area contributed by atoms with E-state index in [-0.39, 0.29) is 0 Å². The molecule has 1 aliphatic rings. The Hall–Kier alpha value is -0.320. The fourth-order valence-electron chi connectivity index (χ4n) is 4.36. The van der Waals surface area contributed by atoms with Crippen molar-refractivity contribution in [3.63, 3.8) is 0 Å². The highest BCUT2D eigenvalue weighted by atomic mass is 32.2. The van der Waals surface area contributed by atoms with E-state index in [0.717, 1.165) is 10.7 Å². The van der Waals surface area contributed by atoms with Crippen LogP contribution in [0.15, 0.2) is 0 Å². The Morgan fingerprint density at radius 1 is 0.962 bits per heavy atom. The first-order valence-corrected chi connectivity index (χ1v) is 11.9. The lowest BCUT2D eigenvalue weighted by Crippen LogP contribution is -2.65. The summed E-state index contributed by atoms with van der Waals surface area (Å²) in [6.07, 6.45) is 0.747. The predicted octanol–water partition coefficient (Wildman–Crippen LogP) is 3.44. The van der Waals surface area contributed by atoms with Gasteiger partial charge in [-0.05, 0) is 59.8 Å². The normalized spacial score (nSPS) is 24.2. The molecule has 6 nitrogen and oxygen atoms in total. The van der Waals surface area contributed by atoms with Crippen molar-refractivity contribution < 1.29 is 30.2 Å². The molecule has 0 saturated carbocycles. The third-order valence-electron chi connectivity index (χ3n) is 5.25. The van der Waals surface area contributed by atoms with Gasteiger partial charge in [0.1, 0.15) is 5.25 Å². The molecule has 1 fully saturated rings. The van der Waals surface area contributed by atoms with E-state index >= 15 is 8.78 Å². The molecule has 2 unspecified atom stereocenters. The average molecular weight is 420 g/mol. The second-order valence-electron chi connectivity index (χ2n) is 8.27. The van der Waals surface area contributed by atoms with Crippen molar-refractivity contribution in [2.75, 3.05) is 0 Å². The lowest BCUT2D eigenvalue weighted by atomic mass is 9.83.